The van der Waals surface area contributed by atoms with E-state index in [0.29, 0.717) is 6.42 Å². The monoisotopic (exact) mass is 498 g/mol. The molecule has 2 unspecified atom stereocenters. The first-order chi connectivity index (χ1) is 17.8. The van der Waals surface area contributed by atoms with Gasteiger partial charge in [0.1, 0.15) is 12.1 Å². The lowest BCUT2D eigenvalue weighted by atomic mass is 10.0. The molecule has 4 rings (SSSR count). The fourth-order valence-corrected chi connectivity index (χ4v) is 3.78. The van der Waals surface area contributed by atoms with Crippen LogP contribution in [0.3, 0.4) is 0 Å². The Kier molecular flexibility index (Phi) is 9.93. The molecule has 0 saturated carbocycles. The molecule has 0 heterocycles. The lowest BCUT2D eigenvalue weighted by Gasteiger charge is -2.15. The maximum atomic E-state index is 12.3. The van der Waals surface area contributed by atoms with Gasteiger partial charge < -0.3 is 21.3 Å². The van der Waals surface area contributed by atoms with Gasteiger partial charge in [0.15, 0.2) is 0 Å². The second-order valence-electron chi connectivity index (χ2n) is 8.64. The number of rotatable bonds is 9. The minimum absolute atomic E-state index is 0.156. The van der Waals surface area contributed by atoms with Crippen LogP contribution in [0.15, 0.2) is 103 Å². The molecule has 0 aliphatic heterocycles. The molecule has 190 valence electrons. The van der Waals surface area contributed by atoms with Crippen molar-refractivity contribution in [2.45, 2.75) is 31.3 Å². The highest BCUT2D eigenvalue weighted by Crippen LogP contribution is 2.16. The molecule has 1 amide bonds. The van der Waals surface area contributed by atoms with Crippen LogP contribution in [-0.2, 0) is 33.6 Å². The zero-order valence-electron chi connectivity index (χ0n) is 20.3. The Labute approximate surface area is 215 Å². The highest BCUT2D eigenvalue weighted by molar-refractivity contribution is 5.87. The summed E-state index contributed by atoms with van der Waals surface area (Å²) in [4.78, 5) is 34.1. The second-order valence-corrected chi connectivity index (χ2v) is 8.64. The summed E-state index contributed by atoms with van der Waals surface area (Å²) >= 11 is 0. The highest BCUT2D eigenvalue weighted by atomic mass is 16.4. The van der Waals surface area contributed by atoms with Gasteiger partial charge in [-0.05, 0) is 33.9 Å². The average Bonchev–Trinajstić information content (AvgIpc) is 2.89. The third-order valence-corrected chi connectivity index (χ3v) is 5.71. The van der Waals surface area contributed by atoms with E-state index in [4.69, 9.17) is 10.8 Å². The van der Waals surface area contributed by atoms with Gasteiger partial charge in [-0.3, -0.25) is 9.59 Å². The van der Waals surface area contributed by atoms with E-state index in [9.17, 15) is 19.5 Å². The van der Waals surface area contributed by atoms with Crippen molar-refractivity contribution in [1.82, 2.24) is 5.32 Å². The summed E-state index contributed by atoms with van der Waals surface area (Å²) in [5.41, 5.74) is 8.04. The minimum atomic E-state index is -1.03. The Morgan fingerprint density at radius 3 is 1.76 bits per heavy atom. The molecule has 7 nitrogen and oxygen atoms in total. The summed E-state index contributed by atoms with van der Waals surface area (Å²) in [6.07, 6.45) is 0.805. The number of carboxylic acid groups (broad SMARTS) is 2. The first kappa shape index (κ1) is 27.1. The van der Waals surface area contributed by atoms with Crippen LogP contribution in [0, 0.1) is 0 Å². The van der Waals surface area contributed by atoms with Crippen LogP contribution in [0.5, 0.6) is 0 Å². The number of amides is 1. The average molecular weight is 499 g/mol. The highest BCUT2D eigenvalue weighted by Gasteiger charge is 2.20. The van der Waals surface area contributed by atoms with Gasteiger partial charge in [0.2, 0.25) is 5.91 Å². The summed E-state index contributed by atoms with van der Waals surface area (Å²) in [6.45, 7) is 0. The number of hydrogen-bond acceptors (Lipinski definition) is 4. The molecule has 4 aromatic rings. The summed E-state index contributed by atoms with van der Waals surface area (Å²) in [5, 5.41) is 22.7. The van der Waals surface area contributed by atoms with E-state index < -0.39 is 24.0 Å². The van der Waals surface area contributed by atoms with Crippen molar-refractivity contribution in [3.8, 4) is 0 Å². The second kappa shape index (κ2) is 13.6. The Bertz CT molecular complexity index is 1330. The predicted octanol–water partition coefficient (Wildman–Crippen LogP) is 3.84. The molecule has 0 saturated heterocycles. The third-order valence-electron chi connectivity index (χ3n) is 5.71. The Morgan fingerprint density at radius 2 is 1.19 bits per heavy atom. The molecule has 5 N–H and O–H groups in total. The smallest absolute Gasteiger partial charge is 0.326 e. The van der Waals surface area contributed by atoms with Gasteiger partial charge in [0.05, 0.1) is 6.42 Å². The van der Waals surface area contributed by atoms with Crippen LogP contribution in [0.25, 0.3) is 10.8 Å². The number of nitrogens with two attached hydrogens (primary N) is 1. The van der Waals surface area contributed by atoms with Gasteiger partial charge in [-0.1, -0.05) is 103 Å². The number of carbonyl (C=O) groups is 3. The topological polar surface area (TPSA) is 130 Å². The van der Waals surface area contributed by atoms with Crippen LogP contribution < -0.4 is 11.1 Å². The van der Waals surface area contributed by atoms with Crippen LogP contribution in [0.1, 0.15) is 16.7 Å². The number of carboxylic acids is 2. The summed E-state index contributed by atoms with van der Waals surface area (Å²) in [5.74, 6) is -2.28. The normalized spacial score (nSPS) is 12.0. The molecular formula is C30H30N2O5. The Balaban J connectivity index is 0.000000266. The van der Waals surface area contributed by atoms with Gasteiger partial charge in [-0.25, -0.2) is 4.79 Å². The standard InChI is InChI=1S/C21H19NO3.C9H11NO2/c23-20(14-16-10-11-17-8-4-5-9-18(17)12-16)22-19(21(24)25)13-15-6-2-1-3-7-15;10-8(9(11)12)6-7-4-2-1-3-5-7/h1-12,19H,13-14H2,(H,22,23)(H,24,25);1-5,8H,6,10H2,(H,11,12). The Morgan fingerprint density at radius 1 is 0.649 bits per heavy atom. The lowest BCUT2D eigenvalue weighted by Crippen LogP contribution is -2.43. The number of aliphatic carboxylic acids is 2. The summed E-state index contributed by atoms with van der Waals surface area (Å²) in [6, 6.07) is 30.6. The molecule has 0 radical (unpaired) electrons. The quantitative estimate of drug-likeness (QED) is 0.278. The molecule has 2 atom stereocenters. The maximum absolute atomic E-state index is 12.3. The molecule has 4 aromatic carbocycles. The van der Waals surface area contributed by atoms with Crippen molar-refractivity contribution in [2.24, 2.45) is 5.73 Å². The molecule has 0 spiro atoms. The van der Waals surface area contributed by atoms with E-state index in [1.807, 2.05) is 103 Å². The Hall–Kier alpha value is -4.49. The lowest BCUT2D eigenvalue weighted by molar-refractivity contribution is -0.141. The maximum Gasteiger partial charge on any atom is 0.326 e. The fraction of sp³-hybridized carbons (Fsp3) is 0.167. The van der Waals surface area contributed by atoms with E-state index in [1.165, 1.54) is 0 Å². The molecule has 0 fully saturated rings. The van der Waals surface area contributed by atoms with Gasteiger partial charge in [0.25, 0.3) is 0 Å². The summed E-state index contributed by atoms with van der Waals surface area (Å²) in [7, 11) is 0. The van der Waals surface area contributed by atoms with Crippen molar-refractivity contribution in [2.75, 3.05) is 0 Å². The van der Waals surface area contributed by atoms with E-state index in [-0.39, 0.29) is 18.7 Å². The summed E-state index contributed by atoms with van der Waals surface area (Å²) < 4.78 is 0. The third kappa shape index (κ3) is 8.91. The minimum Gasteiger partial charge on any atom is -0.480 e. The number of hydrogen-bond donors (Lipinski definition) is 4. The van der Waals surface area contributed by atoms with Gasteiger partial charge in [0, 0.05) is 6.42 Å². The van der Waals surface area contributed by atoms with Crippen molar-refractivity contribution in [1.29, 1.82) is 0 Å². The number of fused-ring (bicyclic) bond motifs is 1. The van der Waals surface area contributed by atoms with Crippen LogP contribution in [0.2, 0.25) is 0 Å². The van der Waals surface area contributed by atoms with Crippen molar-refractivity contribution in [3.63, 3.8) is 0 Å². The van der Waals surface area contributed by atoms with E-state index in [2.05, 4.69) is 5.32 Å². The number of nitrogens with one attached hydrogen (secondary N) is 1. The van der Waals surface area contributed by atoms with Gasteiger partial charge in [-0.15, -0.1) is 0 Å². The number of benzene rings is 4. The molecule has 0 bridgehead atoms. The molecule has 0 aromatic heterocycles. The van der Waals surface area contributed by atoms with Crippen LogP contribution in [-0.4, -0.2) is 40.1 Å². The zero-order valence-corrected chi connectivity index (χ0v) is 20.3. The number of carbonyl (C=O) groups excluding carboxylic acids is 1. The first-order valence-corrected chi connectivity index (χ1v) is 11.9. The van der Waals surface area contributed by atoms with E-state index >= 15 is 0 Å². The van der Waals surface area contributed by atoms with Crippen LogP contribution >= 0.6 is 0 Å². The molecular weight excluding hydrogens is 468 g/mol. The van der Waals surface area contributed by atoms with Crippen molar-refractivity contribution >= 4 is 28.6 Å². The van der Waals surface area contributed by atoms with Gasteiger partial charge >= 0.3 is 11.9 Å². The van der Waals surface area contributed by atoms with Crippen molar-refractivity contribution in [3.05, 3.63) is 120 Å². The van der Waals surface area contributed by atoms with Gasteiger partial charge in [-0.2, -0.15) is 0 Å². The fourth-order valence-electron chi connectivity index (χ4n) is 3.78. The zero-order chi connectivity index (χ0) is 26.6. The SMILES string of the molecule is NC(Cc1ccccc1)C(=O)O.O=C(Cc1ccc2ccccc2c1)NC(Cc1ccccc1)C(=O)O. The molecule has 0 aliphatic carbocycles. The molecule has 0 aliphatic rings. The van der Waals surface area contributed by atoms with E-state index in [1.54, 1.807) is 0 Å². The van der Waals surface area contributed by atoms with Crippen LogP contribution in [0.4, 0.5) is 0 Å². The molecule has 37 heavy (non-hydrogen) atoms. The van der Waals surface area contributed by atoms with E-state index in [0.717, 1.165) is 27.5 Å². The van der Waals surface area contributed by atoms with Crippen molar-refractivity contribution < 1.29 is 24.6 Å². The molecule has 7 heteroatoms. The first-order valence-electron chi connectivity index (χ1n) is 11.9. The predicted molar refractivity (Wildman–Crippen MR) is 143 cm³/mol. The largest absolute Gasteiger partial charge is 0.480 e.